The number of carbonyl (C=O) groups is 1. The Morgan fingerprint density at radius 1 is 1.25 bits per heavy atom. The lowest BCUT2D eigenvalue weighted by molar-refractivity contribution is 0.0951. The first kappa shape index (κ1) is 14.6. The van der Waals surface area contributed by atoms with Gasteiger partial charge in [-0.25, -0.2) is 4.39 Å². The second-order valence-corrected chi connectivity index (χ2v) is 4.96. The molecule has 104 valence electrons. The highest BCUT2D eigenvalue weighted by molar-refractivity contribution is 6.43. The fourth-order valence-electron chi connectivity index (χ4n) is 1.67. The van der Waals surface area contributed by atoms with E-state index in [0.717, 1.165) is 0 Å². The van der Waals surface area contributed by atoms with Crippen LogP contribution in [0.3, 0.4) is 0 Å². The zero-order valence-electron chi connectivity index (χ0n) is 10.3. The fraction of sp³-hybridized carbons (Fsp3) is 0.0714. The van der Waals surface area contributed by atoms with Crippen LogP contribution in [-0.2, 0) is 6.54 Å². The zero-order valence-corrected chi connectivity index (χ0v) is 11.8. The van der Waals surface area contributed by atoms with E-state index in [1.54, 1.807) is 12.1 Å². The highest BCUT2D eigenvalue weighted by Gasteiger charge is 2.11. The lowest BCUT2D eigenvalue weighted by Crippen LogP contribution is -2.23. The van der Waals surface area contributed by atoms with Crippen LogP contribution in [0, 0.1) is 5.82 Å². The van der Waals surface area contributed by atoms with Gasteiger partial charge in [0.25, 0.3) is 5.91 Å². The van der Waals surface area contributed by atoms with Gasteiger partial charge in [-0.3, -0.25) is 4.79 Å². The summed E-state index contributed by atoms with van der Waals surface area (Å²) in [6, 6.07) is 8.85. The van der Waals surface area contributed by atoms with Crippen LogP contribution in [0.25, 0.3) is 0 Å². The molecular weight excluding hydrogens is 302 g/mol. The number of hydrogen-bond donors (Lipinski definition) is 2. The van der Waals surface area contributed by atoms with Crippen molar-refractivity contribution in [2.24, 2.45) is 0 Å². The minimum atomic E-state index is -0.362. The molecule has 0 unspecified atom stereocenters. The van der Waals surface area contributed by atoms with Crippen LogP contribution in [0.2, 0.25) is 10.0 Å². The molecule has 0 saturated heterocycles. The van der Waals surface area contributed by atoms with Gasteiger partial charge in [-0.2, -0.15) is 0 Å². The normalized spacial score (nSPS) is 10.3. The predicted octanol–water partition coefficient (Wildman–Crippen LogP) is 3.64. The average Bonchev–Trinajstić information content (AvgIpc) is 2.41. The van der Waals surface area contributed by atoms with Crippen molar-refractivity contribution in [1.82, 2.24) is 5.32 Å². The van der Waals surface area contributed by atoms with Crippen LogP contribution >= 0.6 is 23.2 Å². The Bertz CT molecular complexity index is 638. The van der Waals surface area contributed by atoms with E-state index in [2.05, 4.69) is 5.32 Å². The Morgan fingerprint density at radius 3 is 2.65 bits per heavy atom. The van der Waals surface area contributed by atoms with Crippen LogP contribution in [-0.4, -0.2) is 5.91 Å². The van der Waals surface area contributed by atoms with Gasteiger partial charge < -0.3 is 11.1 Å². The fourth-order valence-corrected chi connectivity index (χ4v) is 2.01. The van der Waals surface area contributed by atoms with E-state index in [9.17, 15) is 9.18 Å². The Morgan fingerprint density at radius 2 is 2.00 bits per heavy atom. The van der Waals surface area contributed by atoms with Gasteiger partial charge in [0.2, 0.25) is 0 Å². The van der Waals surface area contributed by atoms with Crippen LogP contribution < -0.4 is 11.1 Å². The van der Waals surface area contributed by atoms with Crippen molar-refractivity contribution in [2.75, 3.05) is 5.73 Å². The van der Waals surface area contributed by atoms with Gasteiger partial charge in [0.1, 0.15) is 5.82 Å². The number of carbonyl (C=O) groups excluding carboxylic acids is 1. The zero-order chi connectivity index (χ0) is 14.7. The molecule has 0 fully saturated rings. The van der Waals surface area contributed by atoms with Crippen LogP contribution in [0.5, 0.6) is 0 Å². The third-order valence-corrected chi connectivity index (χ3v) is 3.48. The number of hydrogen-bond acceptors (Lipinski definition) is 2. The van der Waals surface area contributed by atoms with Gasteiger partial charge in [-0.15, -0.1) is 0 Å². The molecule has 6 heteroatoms. The molecule has 0 atom stereocenters. The summed E-state index contributed by atoms with van der Waals surface area (Å²) in [5.41, 5.74) is 6.83. The topological polar surface area (TPSA) is 55.1 Å². The van der Waals surface area contributed by atoms with Gasteiger partial charge in [0, 0.05) is 12.1 Å². The first-order valence-electron chi connectivity index (χ1n) is 5.74. The van der Waals surface area contributed by atoms with Crippen molar-refractivity contribution < 1.29 is 9.18 Å². The van der Waals surface area contributed by atoms with Crippen molar-refractivity contribution in [2.45, 2.75) is 6.54 Å². The van der Waals surface area contributed by atoms with E-state index in [4.69, 9.17) is 28.9 Å². The molecular formula is C14H11Cl2FN2O. The summed E-state index contributed by atoms with van der Waals surface area (Å²) in [5.74, 6) is -0.713. The van der Waals surface area contributed by atoms with E-state index in [-0.39, 0.29) is 34.0 Å². The molecule has 2 aromatic carbocycles. The Kier molecular flexibility index (Phi) is 4.47. The smallest absolute Gasteiger partial charge is 0.251 e. The van der Waals surface area contributed by atoms with E-state index in [1.165, 1.54) is 24.3 Å². The molecule has 0 aliphatic heterocycles. The Labute approximate surface area is 125 Å². The molecule has 3 N–H and O–H groups in total. The highest BCUT2D eigenvalue weighted by atomic mass is 35.5. The second-order valence-electron chi connectivity index (χ2n) is 4.17. The number of nitrogen functional groups attached to an aromatic ring is 1. The highest BCUT2D eigenvalue weighted by Crippen LogP contribution is 2.29. The summed E-state index contributed by atoms with van der Waals surface area (Å²) >= 11 is 11.7. The SMILES string of the molecule is Nc1cc(C(=O)NCc2cccc(F)c2)cc(Cl)c1Cl. The number of amides is 1. The molecule has 1 amide bonds. The van der Waals surface area contributed by atoms with E-state index in [1.807, 2.05) is 0 Å². The Hall–Kier alpha value is -1.78. The van der Waals surface area contributed by atoms with Gasteiger partial charge in [-0.1, -0.05) is 35.3 Å². The van der Waals surface area contributed by atoms with Crippen molar-refractivity contribution in [3.05, 3.63) is 63.4 Å². The Balaban J connectivity index is 2.09. The number of benzene rings is 2. The quantitative estimate of drug-likeness (QED) is 0.850. The third-order valence-electron chi connectivity index (χ3n) is 2.66. The van der Waals surface area contributed by atoms with Gasteiger partial charge in [0.05, 0.1) is 15.7 Å². The minimum absolute atomic E-state index is 0.205. The van der Waals surface area contributed by atoms with E-state index < -0.39 is 0 Å². The maximum atomic E-state index is 13.0. The summed E-state index contributed by atoms with van der Waals surface area (Å²) in [4.78, 5) is 12.0. The van der Waals surface area contributed by atoms with Crippen LogP contribution in [0.4, 0.5) is 10.1 Å². The lowest BCUT2D eigenvalue weighted by Gasteiger charge is -2.08. The van der Waals surface area contributed by atoms with Crippen molar-refractivity contribution >= 4 is 34.8 Å². The molecule has 0 aliphatic rings. The first-order valence-corrected chi connectivity index (χ1v) is 6.50. The summed E-state index contributed by atoms with van der Waals surface area (Å²) in [6.07, 6.45) is 0. The maximum absolute atomic E-state index is 13.0. The van der Waals surface area contributed by atoms with Gasteiger partial charge >= 0.3 is 0 Å². The molecule has 0 aromatic heterocycles. The second kappa shape index (κ2) is 6.11. The molecule has 2 rings (SSSR count). The van der Waals surface area contributed by atoms with Gasteiger partial charge in [0.15, 0.2) is 0 Å². The maximum Gasteiger partial charge on any atom is 0.251 e. The monoisotopic (exact) mass is 312 g/mol. The molecule has 0 radical (unpaired) electrons. The third kappa shape index (κ3) is 3.40. The van der Waals surface area contributed by atoms with Crippen molar-refractivity contribution in [1.29, 1.82) is 0 Å². The standard InChI is InChI=1S/C14H11Cl2FN2O/c15-11-5-9(6-12(18)13(11)16)14(20)19-7-8-2-1-3-10(17)4-8/h1-6H,7,18H2,(H,19,20). The summed E-state index contributed by atoms with van der Waals surface area (Å²) in [7, 11) is 0. The lowest BCUT2D eigenvalue weighted by atomic mass is 10.1. The largest absolute Gasteiger partial charge is 0.397 e. The van der Waals surface area contributed by atoms with Crippen molar-refractivity contribution in [3.63, 3.8) is 0 Å². The minimum Gasteiger partial charge on any atom is -0.397 e. The molecule has 20 heavy (non-hydrogen) atoms. The molecule has 0 heterocycles. The number of nitrogens with two attached hydrogens (primary N) is 1. The molecule has 0 aliphatic carbocycles. The molecule has 0 bridgehead atoms. The number of rotatable bonds is 3. The summed E-state index contributed by atoms with van der Waals surface area (Å²) in [6.45, 7) is 0.205. The van der Waals surface area contributed by atoms with Crippen LogP contribution in [0.15, 0.2) is 36.4 Å². The number of halogens is 3. The predicted molar refractivity (Wildman–Crippen MR) is 78.4 cm³/mol. The first-order chi connectivity index (χ1) is 9.47. The molecule has 0 spiro atoms. The number of anilines is 1. The molecule has 2 aromatic rings. The summed E-state index contributed by atoms with van der Waals surface area (Å²) in [5, 5.41) is 3.08. The van der Waals surface area contributed by atoms with Crippen molar-refractivity contribution in [3.8, 4) is 0 Å². The average molecular weight is 313 g/mol. The molecule has 0 saturated carbocycles. The molecule has 3 nitrogen and oxygen atoms in total. The van der Waals surface area contributed by atoms with E-state index >= 15 is 0 Å². The van der Waals surface area contributed by atoms with E-state index in [0.29, 0.717) is 11.1 Å². The summed E-state index contributed by atoms with van der Waals surface area (Å²) < 4.78 is 13.0. The van der Waals surface area contributed by atoms with Gasteiger partial charge in [-0.05, 0) is 29.8 Å². The van der Waals surface area contributed by atoms with Crippen LogP contribution in [0.1, 0.15) is 15.9 Å². The number of nitrogens with one attached hydrogen (secondary N) is 1.